The normalized spacial score (nSPS) is 11.8. The second-order valence-electron chi connectivity index (χ2n) is 5.47. The first-order valence-corrected chi connectivity index (χ1v) is 9.78. The van der Waals surface area contributed by atoms with Crippen molar-refractivity contribution in [1.82, 2.24) is 8.96 Å². The number of hydrogen-bond donors (Lipinski definition) is 1. The number of rotatable bonds is 4. The minimum atomic E-state index is -4.11. The zero-order valence-corrected chi connectivity index (χ0v) is 16.3. The highest BCUT2D eigenvalue weighted by molar-refractivity contribution is 7.90. The molecule has 2 heterocycles. The van der Waals surface area contributed by atoms with Gasteiger partial charge < -0.3 is 5.11 Å². The standard InChI is InChI=1S/C16H11Cl3N2O4S/c1-8-10(7-14(22)23)15-12(18)4-5-20-16(15)21(8)26(24,25)9-2-3-11(17)13(19)6-9/h2-6H,7H2,1H3,(H,22,23). The van der Waals surface area contributed by atoms with Crippen LogP contribution in [0.25, 0.3) is 11.0 Å². The third kappa shape index (κ3) is 3.05. The lowest BCUT2D eigenvalue weighted by atomic mass is 10.1. The Balaban J connectivity index is 2.37. The molecule has 136 valence electrons. The van der Waals surface area contributed by atoms with Gasteiger partial charge in [-0.2, -0.15) is 0 Å². The number of carboxylic acid groups (broad SMARTS) is 1. The van der Waals surface area contributed by atoms with Crippen molar-refractivity contribution in [2.24, 2.45) is 0 Å². The summed E-state index contributed by atoms with van der Waals surface area (Å²) in [5.74, 6) is -1.11. The van der Waals surface area contributed by atoms with Gasteiger partial charge in [0.05, 0.1) is 26.4 Å². The molecule has 2 aromatic heterocycles. The molecule has 0 radical (unpaired) electrons. The third-order valence-corrected chi connectivity index (χ3v) is 6.70. The monoisotopic (exact) mass is 432 g/mol. The van der Waals surface area contributed by atoms with Gasteiger partial charge in [-0.15, -0.1) is 0 Å². The molecule has 0 atom stereocenters. The fourth-order valence-corrected chi connectivity index (χ4v) is 4.90. The van der Waals surface area contributed by atoms with Crippen LogP contribution >= 0.6 is 34.8 Å². The maximum Gasteiger partial charge on any atom is 0.307 e. The summed E-state index contributed by atoms with van der Waals surface area (Å²) in [5, 5.41) is 9.99. The summed E-state index contributed by atoms with van der Waals surface area (Å²) >= 11 is 18.0. The predicted octanol–water partition coefficient (Wildman–Crippen LogP) is 4.17. The average Bonchev–Trinajstić information content (AvgIpc) is 2.83. The third-order valence-electron chi connectivity index (χ3n) is 3.87. The molecule has 0 spiro atoms. The molecule has 0 aliphatic rings. The van der Waals surface area contributed by atoms with Crippen LogP contribution in [0.1, 0.15) is 11.3 Å². The second kappa shape index (κ2) is 6.74. The average molecular weight is 434 g/mol. The molecule has 1 N–H and O–H groups in total. The number of aromatic nitrogens is 2. The van der Waals surface area contributed by atoms with E-state index in [1.807, 2.05) is 0 Å². The molecule has 0 aliphatic heterocycles. The van der Waals surface area contributed by atoms with Gasteiger partial charge in [0.2, 0.25) is 0 Å². The second-order valence-corrected chi connectivity index (χ2v) is 8.48. The van der Waals surface area contributed by atoms with Crippen LogP contribution in [0, 0.1) is 6.92 Å². The summed E-state index contributed by atoms with van der Waals surface area (Å²) in [5.41, 5.74) is 0.556. The molecule has 0 aliphatic carbocycles. The molecule has 0 saturated carbocycles. The number of pyridine rings is 1. The molecule has 0 amide bonds. The highest BCUT2D eigenvalue weighted by Crippen LogP contribution is 2.34. The van der Waals surface area contributed by atoms with Gasteiger partial charge in [0, 0.05) is 17.3 Å². The molecule has 0 bridgehead atoms. The highest BCUT2D eigenvalue weighted by atomic mass is 35.5. The van der Waals surface area contributed by atoms with Crippen LogP contribution in [0.15, 0.2) is 35.4 Å². The number of fused-ring (bicyclic) bond motifs is 1. The first kappa shape index (κ1) is 19.0. The molecule has 0 fully saturated rings. The van der Waals surface area contributed by atoms with Crippen molar-refractivity contribution in [3.8, 4) is 0 Å². The van der Waals surface area contributed by atoms with E-state index in [9.17, 15) is 18.3 Å². The lowest BCUT2D eigenvalue weighted by molar-refractivity contribution is -0.136. The fourth-order valence-electron chi connectivity index (χ4n) is 2.73. The predicted molar refractivity (Wildman–Crippen MR) is 99.9 cm³/mol. The van der Waals surface area contributed by atoms with E-state index in [0.29, 0.717) is 0 Å². The van der Waals surface area contributed by atoms with Crippen LogP contribution in [0.5, 0.6) is 0 Å². The smallest absolute Gasteiger partial charge is 0.307 e. The van der Waals surface area contributed by atoms with Crippen LogP contribution in [0.3, 0.4) is 0 Å². The van der Waals surface area contributed by atoms with Crippen LogP contribution < -0.4 is 0 Å². The maximum absolute atomic E-state index is 13.2. The van der Waals surface area contributed by atoms with E-state index < -0.39 is 22.4 Å². The van der Waals surface area contributed by atoms with Gasteiger partial charge in [0.1, 0.15) is 0 Å². The topological polar surface area (TPSA) is 89.3 Å². The first-order valence-electron chi connectivity index (χ1n) is 7.21. The number of nitrogens with zero attached hydrogens (tertiary/aromatic N) is 2. The van der Waals surface area contributed by atoms with Crippen molar-refractivity contribution in [2.75, 3.05) is 0 Å². The number of carboxylic acids is 1. The Bertz CT molecular complexity index is 1160. The Morgan fingerprint density at radius 3 is 2.46 bits per heavy atom. The van der Waals surface area contributed by atoms with Crippen molar-refractivity contribution < 1.29 is 18.3 Å². The van der Waals surface area contributed by atoms with Crippen molar-refractivity contribution >= 4 is 61.8 Å². The van der Waals surface area contributed by atoms with Crippen LogP contribution in [-0.2, 0) is 21.2 Å². The Hall–Kier alpha value is -1.80. The van der Waals surface area contributed by atoms with Gasteiger partial charge in [0.15, 0.2) is 5.65 Å². The fraction of sp³-hybridized carbons (Fsp3) is 0.125. The molecule has 6 nitrogen and oxygen atoms in total. The molecule has 26 heavy (non-hydrogen) atoms. The minimum absolute atomic E-state index is 0.0531. The summed E-state index contributed by atoms with van der Waals surface area (Å²) in [6, 6.07) is 5.39. The van der Waals surface area contributed by atoms with Crippen molar-refractivity contribution in [2.45, 2.75) is 18.2 Å². The number of carbonyl (C=O) groups is 1. The molecule has 0 saturated heterocycles. The minimum Gasteiger partial charge on any atom is -0.481 e. The summed E-state index contributed by atoms with van der Waals surface area (Å²) < 4.78 is 27.3. The SMILES string of the molecule is Cc1c(CC(=O)O)c2c(Cl)ccnc2n1S(=O)(=O)c1ccc(Cl)c(Cl)c1. The number of benzene rings is 1. The number of halogens is 3. The van der Waals surface area contributed by atoms with E-state index in [2.05, 4.69) is 4.98 Å². The van der Waals surface area contributed by atoms with E-state index in [-0.39, 0.29) is 42.3 Å². The van der Waals surface area contributed by atoms with E-state index in [0.717, 1.165) is 3.97 Å². The lowest BCUT2D eigenvalue weighted by Crippen LogP contribution is -2.15. The van der Waals surface area contributed by atoms with Gasteiger partial charge in [-0.05, 0) is 36.8 Å². The van der Waals surface area contributed by atoms with Crippen LogP contribution in [0.4, 0.5) is 0 Å². The lowest BCUT2D eigenvalue weighted by Gasteiger charge is -2.10. The number of hydrogen-bond acceptors (Lipinski definition) is 4. The largest absolute Gasteiger partial charge is 0.481 e. The van der Waals surface area contributed by atoms with E-state index in [4.69, 9.17) is 34.8 Å². The van der Waals surface area contributed by atoms with Gasteiger partial charge in [0.25, 0.3) is 10.0 Å². The quantitative estimate of drug-likeness (QED) is 0.667. The van der Waals surface area contributed by atoms with Gasteiger partial charge in [-0.3, -0.25) is 4.79 Å². The summed E-state index contributed by atoms with van der Waals surface area (Å²) in [6.45, 7) is 1.51. The Kier molecular flexibility index (Phi) is 4.92. The molecule has 1 aromatic carbocycles. The Morgan fingerprint density at radius 1 is 1.15 bits per heavy atom. The first-order chi connectivity index (χ1) is 12.1. The number of aliphatic carboxylic acids is 1. The van der Waals surface area contributed by atoms with Crippen molar-refractivity contribution in [3.63, 3.8) is 0 Å². The van der Waals surface area contributed by atoms with E-state index in [1.54, 1.807) is 0 Å². The Morgan fingerprint density at radius 2 is 1.85 bits per heavy atom. The van der Waals surface area contributed by atoms with Crippen molar-refractivity contribution in [3.05, 3.63) is 56.8 Å². The van der Waals surface area contributed by atoms with Crippen molar-refractivity contribution in [1.29, 1.82) is 0 Å². The van der Waals surface area contributed by atoms with E-state index in [1.165, 1.54) is 37.4 Å². The zero-order chi connectivity index (χ0) is 19.2. The van der Waals surface area contributed by atoms with Crippen LogP contribution in [0.2, 0.25) is 15.1 Å². The summed E-state index contributed by atoms with van der Waals surface area (Å²) in [4.78, 5) is 15.2. The van der Waals surface area contributed by atoms with Gasteiger partial charge in [-0.25, -0.2) is 17.4 Å². The Labute approximate surface area is 164 Å². The van der Waals surface area contributed by atoms with Gasteiger partial charge in [-0.1, -0.05) is 34.8 Å². The van der Waals surface area contributed by atoms with Gasteiger partial charge >= 0.3 is 5.97 Å². The molecular weight excluding hydrogens is 423 g/mol. The zero-order valence-electron chi connectivity index (χ0n) is 13.2. The highest BCUT2D eigenvalue weighted by Gasteiger charge is 2.28. The van der Waals surface area contributed by atoms with E-state index >= 15 is 0 Å². The molecule has 0 unspecified atom stereocenters. The molecular formula is C16H11Cl3N2O4S. The molecule has 3 aromatic rings. The maximum atomic E-state index is 13.2. The summed E-state index contributed by atoms with van der Waals surface area (Å²) in [6.07, 6.45) is 0.965. The summed E-state index contributed by atoms with van der Waals surface area (Å²) in [7, 11) is -4.11. The van der Waals surface area contributed by atoms with Crippen LogP contribution in [-0.4, -0.2) is 28.5 Å². The molecule has 10 heteroatoms. The molecule has 3 rings (SSSR count).